The maximum atomic E-state index is 6.07. The predicted octanol–water partition coefficient (Wildman–Crippen LogP) is 6.96. The minimum Gasteiger partial charge on any atom is -0.457 e. The molecule has 3 aromatic carbocycles. The molecule has 0 saturated carbocycles. The van der Waals surface area contributed by atoms with Gasteiger partial charge < -0.3 is 4.74 Å². The van der Waals surface area contributed by atoms with E-state index in [2.05, 4.69) is 61.5 Å². The van der Waals surface area contributed by atoms with Crippen molar-refractivity contribution in [3.05, 3.63) is 108 Å². The topological polar surface area (TPSA) is 9.23 Å². The highest BCUT2D eigenvalue weighted by Gasteiger charge is 2.05. The zero-order valence-corrected chi connectivity index (χ0v) is 14.6. The Bertz CT molecular complexity index is 871. The van der Waals surface area contributed by atoms with Gasteiger partial charge in [0.1, 0.15) is 11.5 Å². The smallest absolute Gasteiger partial charge is 0.134 e. The molecule has 124 valence electrons. The van der Waals surface area contributed by atoms with Crippen LogP contribution in [0.3, 0.4) is 0 Å². The van der Waals surface area contributed by atoms with Crippen molar-refractivity contribution in [3.8, 4) is 11.5 Å². The molecule has 0 spiro atoms. The Morgan fingerprint density at radius 3 is 2.04 bits per heavy atom. The molecule has 0 aliphatic heterocycles. The number of hydrogen-bond donors (Lipinski definition) is 0. The van der Waals surface area contributed by atoms with Crippen molar-refractivity contribution in [2.45, 2.75) is 13.8 Å². The molecule has 0 fully saturated rings. The van der Waals surface area contributed by atoms with Crippen molar-refractivity contribution >= 4 is 11.6 Å². The summed E-state index contributed by atoms with van der Waals surface area (Å²) < 4.78 is 6.07. The van der Waals surface area contributed by atoms with Crippen LogP contribution in [0.1, 0.15) is 30.5 Å². The average molecular weight is 326 g/mol. The van der Waals surface area contributed by atoms with Crippen molar-refractivity contribution in [3.63, 3.8) is 0 Å². The molecule has 3 rings (SSSR count). The first-order valence-electron chi connectivity index (χ1n) is 8.53. The Morgan fingerprint density at radius 1 is 0.720 bits per heavy atom. The van der Waals surface area contributed by atoms with E-state index in [0.717, 1.165) is 17.1 Å². The number of rotatable bonds is 5. The fourth-order valence-corrected chi connectivity index (χ4v) is 2.84. The van der Waals surface area contributed by atoms with Crippen LogP contribution >= 0.6 is 0 Å². The fraction of sp³-hybridized carbons (Fsp3) is 0.0833. The Kier molecular flexibility index (Phi) is 5.48. The quantitative estimate of drug-likeness (QED) is 0.492. The van der Waals surface area contributed by atoms with Gasteiger partial charge in [-0.2, -0.15) is 0 Å². The highest BCUT2D eigenvalue weighted by atomic mass is 16.5. The maximum absolute atomic E-state index is 6.07. The lowest BCUT2D eigenvalue weighted by Gasteiger charge is -2.11. The largest absolute Gasteiger partial charge is 0.457 e. The summed E-state index contributed by atoms with van der Waals surface area (Å²) in [5.74, 6) is 1.70. The average Bonchev–Trinajstić information content (AvgIpc) is 2.66. The van der Waals surface area contributed by atoms with Crippen molar-refractivity contribution in [2.24, 2.45) is 0 Å². The first-order valence-corrected chi connectivity index (χ1v) is 8.53. The predicted molar refractivity (Wildman–Crippen MR) is 107 cm³/mol. The van der Waals surface area contributed by atoms with E-state index in [4.69, 9.17) is 4.74 Å². The molecule has 1 heteroatoms. The van der Waals surface area contributed by atoms with E-state index >= 15 is 0 Å². The van der Waals surface area contributed by atoms with Gasteiger partial charge in [-0.3, -0.25) is 0 Å². The number of hydrogen-bond acceptors (Lipinski definition) is 1. The lowest BCUT2D eigenvalue weighted by Crippen LogP contribution is -1.90. The summed E-state index contributed by atoms with van der Waals surface area (Å²) in [5.41, 5.74) is 4.70. The minimum atomic E-state index is 0.837. The summed E-state index contributed by atoms with van der Waals surface area (Å²) in [5, 5.41) is 0. The van der Waals surface area contributed by atoms with Gasteiger partial charge >= 0.3 is 0 Å². The second-order valence-corrected chi connectivity index (χ2v) is 5.73. The van der Waals surface area contributed by atoms with E-state index < -0.39 is 0 Å². The number of ether oxygens (including phenoxy) is 1. The third kappa shape index (κ3) is 4.07. The molecular weight excluding hydrogens is 304 g/mol. The summed E-state index contributed by atoms with van der Waals surface area (Å²) in [6.45, 7) is 4.08. The van der Waals surface area contributed by atoms with Crippen LogP contribution in [0.15, 0.2) is 91.0 Å². The molecule has 0 unspecified atom stereocenters. The molecule has 0 radical (unpaired) electrons. The Hall–Kier alpha value is -3.06. The van der Waals surface area contributed by atoms with Crippen LogP contribution < -0.4 is 4.74 Å². The zero-order chi connectivity index (χ0) is 17.5. The molecule has 0 aromatic heterocycles. The minimum absolute atomic E-state index is 0.837. The maximum Gasteiger partial charge on any atom is 0.134 e. The van der Waals surface area contributed by atoms with Gasteiger partial charge in [0.05, 0.1) is 0 Å². The molecule has 0 amide bonds. The first kappa shape index (κ1) is 16.8. The highest BCUT2D eigenvalue weighted by molar-refractivity contribution is 5.79. The van der Waals surface area contributed by atoms with E-state index in [0.29, 0.717) is 0 Å². The van der Waals surface area contributed by atoms with Gasteiger partial charge in [-0.1, -0.05) is 78.9 Å². The Balaban J connectivity index is 1.84. The third-order valence-corrected chi connectivity index (χ3v) is 4.03. The normalized spacial score (nSPS) is 11.7. The lowest BCUT2D eigenvalue weighted by atomic mass is 9.98. The fourth-order valence-electron chi connectivity index (χ4n) is 2.84. The molecule has 0 heterocycles. The first-order chi connectivity index (χ1) is 12.3. The van der Waals surface area contributed by atoms with Crippen molar-refractivity contribution in [2.75, 3.05) is 0 Å². The van der Waals surface area contributed by atoms with Crippen molar-refractivity contribution in [1.82, 2.24) is 0 Å². The van der Waals surface area contributed by atoms with E-state index in [-0.39, 0.29) is 0 Å². The summed E-state index contributed by atoms with van der Waals surface area (Å²) >= 11 is 0. The van der Waals surface area contributed by atoms with Gasteiger partial charge in [-0.15, -0.1) is 0 Å². The summed E-state index contributed by atoms with van der Waals surface area (Å²) in [4.78, 5) is 0. The standard InChI is InChI=1S/C24H22O/c1-3-10-21-13-8-9-14-24(21)25-22-17-15-20(16-18-22)23(4-2)19-11-6-5-7-12-19/h3-18H,1-2H3/b10-3+,23-4+. The molecule has 0 aliphatic rings. The number of allylic oxidation sites excluding steroid dienone is 2. The lowest BCUT2D eigenvalue weighted by molar-refractivity contribution is 0.481. The molecule has 25 heavy (non-hydrogen) atoms. The summed E-state index contributed by atoms with van der Waals surface area (Å²) in [7, 11) is 0. The monoisotopic (exact) mass is 326 g/mol. The number of benzene rings is 3. The molecule has 0 aliphatic carbocycles. The molecule has 0 saturated heterocycles. The summed E-state index contributed by atoms with van der Waals surface area (Å²) in [6.07, 6.45) is 6.22. The van der Waals surface area contributed by atoms with Crippen LogP contribution in [0.25, 0.3) is 11.6 Å². The van der Waals surface area contributed by atoms with Crippen LogP contribution in [0.5, 0.6) is 11.5 Å². The molecule has 0 N–H and O–H groups in total. The summed E-state index contributed by atoms with van der Waals surface area (Å²) in [6, 6.07) is 26.7. The van der Waals surface area contributed by atoms with Crippen LogP contribution in [-0.4, -0.2) is 0 Å². The van der Waals surface area contributed by atoms with Gasteiger partial charge in [-0.25, -0.2) is 0 Å². The third-order valence-electron chi connectivity index (χ3n) is 4.03. The molecule has 1 nitrogen and oxygen atoms in total. The van der Waals surface area contributed by atoms with Crippen LogP contribution in [0, 0.1) is 0 Å². The van der Waals surface area contributed by atoms with Crippen LogP contribution in [0.4, 0.5) is 0 Å². The second-order valence-electron chi connectivity index (χ2n) is 5.73. The Morgan fingerprint density at radius 2 is 1.36 bits per heavy atom. The van der Waals surface area contributed by atoms with E-state index in [1.807, 2.05) is 49.4 Å². The van der Waals surface area contributed by atoms with Crippen LogP contribution in [-0.2, 0) is 0 Å². The van der Waals surface area contributed by atoms with E-state index in [1.165, 1.54) is 16.7 Å². The van der Waals surface area contributed by atoms with E-state index in [1.54, 1.807) is 0 Å². The van der Waals surface area contributed by atoms with Crippen LogP contribution in [0.2, 0.25) is 0 Å². The van der Waals surface area contributed by atoms with Crippen molar-refractivity contribution < 1.29 is 4.74 Å². The molecule has 0 atom stereocenters. The zero-order valence-electron chi connectivity index (χ0n) is 14.6. The van der Waals surface area contributed by atoms with Gasteiger partial charge in [0.15, 0.2) is 0 Å². The van der Waals surface area contributed by atoms with Crippen molar-refractivity contribution in [1.29, 1.82) is 0 Å². The second kappa shape index (κ2) is 8.16. The highest BCUT2D eigenvalue weighted by Crippen LogP contribution is 2.29. The molecular formula is C24H22O. The Labute approximate surface area is 149 Å². The number of para-hydroxylation sites is 1. The van der Waals surface area contributed by atoms with Gasteiger partial charge in [0.25, 0.3) is 0 Å². The van der Waals surface area contributed by atoms with Gasteiger partial charge in [0.2, 0.25) is 0 Å². The van der Waals surface area contributed by atoms with E-state index in [9.17, 15) is 0 Å². The SMILES string of the molecule is C/C=C/c1ccccc1Oc1ccc(/C(=C/C)c2ccccc2)cc1. The molecule has 3 aromatic rings. The molecule has 0 bridgehead atoms. The van der Waals surface area contributed by atoms with Gasteiger partial charge in [0, 0.05) is 5.56 Å². The van der Waals surface area contributed by atoms with Gasteiger partial charge in [-0.05, 0) is 48.7 Å².